The van der Waals surface area contributed by atoms with Crippen LogP contribution >= 0.6 is 0 Å². The highest BCUT2D eigenvalue weighted by molar-refractivity contribution is 8.00. The first kappa shape index (κ1) is 14.3. The van der Waals surface area contributed by atoms with Crippen molar-refractivity contribution in [3.63, 3.8) is 0 Å². The SMILES string of the molecule is CC[C@]1(c2ccccc2)[C@@](CC)(c2ccccc2)S1(=O)=O. The lowest BCUT2D eigenvalue weighted by molar-refractivity contribution is 0.507. The van der Waals surface area contributed by atoms with E-state index in [1.165, 1.54) is 0 Å². The van der Waals surface area contributed by atoms with Crippen molar-refractivity contribution in [1.82, 2.24) is 0 Å². The molecule has 2 aromatic rings. The van der Waals surface area contributed by atoms with Crippen LogP contribution in [0.3, 0.4) is 0 Å². The normalized spacial score (nSPS) is 30.0. The van der Waals surface area contributed by atoms with Gasteiger partial charge in [0.2, 0.25) is 0 Å². The zero-order valence-electron chi connectivity index (χ0n) is 12.4. The highest BCUT2D eigenvalue weighted by Crippen LogP contribution is 2.72. The Morgan fingerprint density at radius 3 is 1.33 bits per heavy atom. The molecule has 3 heteroatoms. The summed E-state index contributed by atoms with van der Waals surface area (Å²) in [5.74, 6) is 0. The molecule has 0 unspecified atom stereocenters. The lowest BCUT2D eigenvalue weighted by Crippen LogP contribution is -2.21. The zero-order valence-corrected chi connectivity index (χ0v) is 13.2. The molecule has 1 heterocycles. The third kappa shape index (κ3) is 1.50. The van der Waals surface area contributed by atoms with E-state index in [0.717, 1.165) is 11.1 Å². The summed E-state index contributed by atoms with van der Waals surface area (Å²) < 4.78 is 24.7. The molecule has 1 saturated heterocycles. The second-order valence-electron chi connectivity index (χ2n) is 5.60. The van der Waals surface area contributed by atoms with Crippen molar-refractivity contribution in [1.29, 1.82) is 0 Å². The number of rotatable bonds is 4. The molecule has 2 atom stereocenters. The Morgan fingerprint density at radius 2 is 1.05 bits per heavy atom. The van der Waals surface area contributed by atoms with Crippen molar-refractivity contribution < 1.29 is 8.42 Å². The average Bonchev–Trinajstić information content (AvgIpc) is 3.00. The number of benzene rings is 2. The minimum atomic E-state index is -3.23. The van der Waals surface area contributed by atoms with Gasteiger partial charge >= 0.3 is 0 Å². The van der Waals surface area contributed by atoms with Gasteiger partial charge in [-0.3, -0.25) is 0 Å². The maximum atomic E-state index is 13.1. The maximum Gasteiger partial charge on any atom is 0.173 e. The first-order valence-corrected chi connectivity index (χ1v) is 8.92. The maximum absolute atomic E-state index is 13.1. The molecule has 0 spiro atoms. The fraction of sp³-hybridized carbons (Fsp3) is 0.333. The Labute approximate surface area is 126 Å². The Kier molecular flexibility index (Phi) is 3.21. The van der Waals surface area contributed by atoms with Crippen LogP contribution in [0.2, 0.25) is 0 Å². The number of hydrogen-bond donors (Lipinski definition) is 0. The van der Waals surface area contributed by atoms with Crippen LogP contribution < -0.4 is 0 Å². The summed E-state index contributed by atoms with van der Waals surface area (Å²) in [5, 5.41) is 0. The third-order valence-electron chi connectivity index (χ3n) is 5.00. The fourth-order valence-electron chi connectivity index (χ4n) is 4.06. The van der Waals surface area contributed by atoms with Crippen LogP contribution in [0.25, 0.3) is 0 Å². The van der Waals surface area contributed by atoms with Crippen molar-refractivity contribution in [2.45, 2.75) is 36.2 Å². The number of sulfone groups is 1. The quantitative estimate of drug-likeness (QED) is 0.799. The van der Waals surface area contributed by atoms with E-state index in [-0.39, 0.29) is 0 Å². The van der Waals surface area contributed by atoms with Gasteiger partial charge in [0.25, 0.3) is 0 Å². The molecule has 3 rings (SSSR count). The first-order chi connectivity index (χ1) is 10.1. The van der Waals surface area contributed by atoms with Crippen LogP contribution in [-0.2, 0) is 19.3 Å². The van der Waals surface area contributed by atoms with E-state index in [1.54, 1.807) is 0 Å². The van der Waals surface area contributed by atoms with E-state index >= 15 is 0 Å². The predicted molar refractivity (Wildman–Crippen MR) is 85.7 cm³/mol. The fourth-order valence-corrected chi connectivity index (χ4v) is 7.45. The van der Waals surface area contributed by atoms with Crippen LogP contribution in [0.15, 0.2) is 60.7 Å². The largest absolute Gasteiger partial charge is 0.227 e. The summed E-state index contributed by atoms with van der Waals surface area (Å²) in [5.41, 5.74) is 1.83. The Balaban J connectivity index is 2.28. The van der Waals surface area contributed by atoms with Crippen molar-refractivity contribution in [3.8, 4) is 0 Å². The van der Waals surface area contributed by atoms with Gasteiger partial charge in [0.15, 0.2) is 9.84 Å². The summed E-state index contributed by atoms with van der Waals surface area (Å²) in [6.07, 6.45) is 1.20. The van der Waals surface area contributed by atoms with Crippen molar-refractivity contribution >= 4 is 9.84 Å². The first-order valence-electron chi connectivity index (χ1n) is 7.43. The van der Waals surface area contributed by atoms with Crippen LogP contribution in [0.5, 0.6) is 0 Å². The second-order valence-corrected chi connectivity index (χ2v) is 8.00. The highest BCUT2D eigenvalue weighted by atomic mass is 32.2. The van der Waals surface area contributed by atoms with Crippen molar-refractivity contribution in [2.24, 2.45) is 0 Å². The monoisotopic (exact) mass is 300 g/mol. The van der Waals surface area contributed by atoms with E-state index in [4.69, 9.17) is 0 Å². The Morgan fingerprint density at radius 1 is 0.714 bits per heavy atom. The summed E-state index contributed by atoms with van der Waals surface area (Å²) in [7, 11) is -3.23. The molecule has 0 bridgehead atoms. The summed E-state index contributed by atoms with van der Waals surface area (Å²) >= 11 is 0. The van der Waals surface area contributed by atoms with Gasteiger partial charge in [-0.1, -0.05) is 74.5 Å². The summed E-state index contributed by atoms with van der Waals surface area (Å²) in [6, 6.07) is 19.3. The van der Waals surface area contributed by atoms with Crippen LogP contribution in [-0.4, -0.2) is 8.42 Å². The van der Waals surface area contributed by atoms with Crippen molar-refractivity contribution in [2.75, 3.05) is 0 Å². The molecule has 0 amide bonds. The molecule has 2 nitrogen and oxygen atoms in total. The minimum Gasteiger partial charge on any atom is -0.227 e. The number of hydrogen-bond acceptors (Lipinski definition) is 2. The molecule has 0 saturated carbocycles. The van der Waals surface area contributed by atoms with Gasteiger partial charge in [-0.05, 0) is 24.0 Å². The molecular formula is C18H20O2S. The molecule has 110 valence electrons. The van der Waals surface area contributed by atoms with Gasteiger partial charge in [0.1, 0.15) is 9.49 Å². The molecule has 1 aliphatic rings. The molecular weight excluding hydrogens is 280 g/mol. The summed E-state index contributed by atoms with van der Waals surface area (Å²) in [4.78, 5) is 0. The molecule has 2 aromatic carbocycles. The highest BCUT2D eigenvalue weighted by Gasteiger charge is 2.82. The van der Waals surface area contributed by atoms with Crippen LogP contribution in [0, 0.1) is 0 Å². The topological polar surface area (TPSA) is 34.1 Å². The molecule has 1 fully saturated rings. The Hall–Kier alpha value is -1.61. The van der Waals surface area contributed by atoms with E-state index < -0.39 is 19.3 Å². The molecule has 0 aromatic heterocycles. The van der Waals surface area contributed by atoms with Crippen LogP contribution in [0.4, 0.5) is 0 Å². The third-order valence-corrected chi connectivity index (χ3v) is 8.38. The summed E-state index contributed by atoms with van der Waals surface area (Å²) in [6.45, 7) is 3.95. The van der Waals surface area contributed by atoms with E-state index in [0.29, 0.717) is 12.8 Å². The second kappa shape index (κ2) is 4.70. The molecule has 0 radical (unpaired) electrons. The average molecular weight is 300 g/mol. The molecule has 21 heavy (non-hydrogen) atoms. The van der Waals surface area contributed by atoms with Crippen LogP contribution in [0.1, 0.15) is 37.8 Å². The zero-order chi connectivity index (χ0) is 15.1. The predicted octanol–water partition coefficient (Wildman–Crippen LogP) is 4.03. The van der Waals surface area contributed by atoms with E-state index in [1.807, 2.05) is 74.5 Å². The standard InChI is InChI=1S/C18H20O2S/c1-3-17(15-11-7-5-8-12-15)18(4-2,21(17,19)20)16-13-9-6-10-14-16/h5-14H,3-4H2,1-2H3/t17-,18+. The molecule has 0 aliphatic carbocycles. The van der Waals surface area contributed by atoms with E-state index in [2.05, 4.69) is 0 Å². The van der Waals surface area contributed by atoms with E-state index in [9.17, 15) is 8.42 Å². The van der Waals surface area contributed by atoms with Gasteiger partial charge < -0.3 is 0 Å². The van der Waals surface area contributed by atoms with Gasteiger partial charge in [-0.25, -0.2) is 8.42 Å². The van der Waals surface area contributed by atoms with Gasteiger partial charge in [0.05, 0.1) is 0 Å². The van der Waals surface area contributed by atoms with Crippen molar-refractivity contribution in [3.05, 3.63) is 71.8 Å². The minimum absolute atomic E-state index is 0.599. The van der Waals surface area contributed by atoms with Gasteiger partial charge in [-0.2, -0.15) is 0 Å². The smallest absolute Gasteiger partial charge is 0.173 e. The lowest BCUT2D eigenvalue weighted by atomic mass is 9.78. The lowest BCUT2D eigenvalue weighted by Gasteiger charge is -2.19. The van der Waals surface area contributed by atoms with Gasteiger partial charge in [-0.15, -0.1) is 0 Å². The Bertz CT molecular complexity index is 678. The van der Waals surface area contributed by atoms with Gasteiger partial charge in [0, 0.05) is 0 Å². The molecule has 1 aliphatic heterocycles. The molecule has 0 N–H and O–H groups in total.